The normalized spacial score (nSPS) is 12.4. The Morgan fingerprint density at radius 1 is 0.974 bits per heavy atom. The van der Waals surface area contributed by atoms with Crippen molar-refractivity contribution in [1.29, 1.82) is 0 Å². The van der Waals surface area contributed by atoms with Crippen molar-refractivity contribution in [2.45, 2.75) is 25.1 Å². The van der Waals surface area contributed by atoms with Gasteiger partial charge in [0.25, 0.3) is 5.91 Å². The maximum absolute atomic E-state index is 12.9. The molecule has 3 aromatic carbocycles. The standard InChI is InChI=1S/C29H27F3N2O4/c1-38-17-14-26(20-2-4-21(5-3-20)28(37)33-15-12-27(35)36)34-16-13-23-18-22(8-11-25(23)34)19-6-9-24(10-7-19)29(30,31)32/h2-11,13,16,18,26H,12,14-15,17H2,1H3,(H,33,37)(H,35,36). The molecule has 0 spiro atoms. The molecule has 0 saturated heterocycles. The third-order valence-electron chi connectivity index (χ3n) is 6.38. The van der Waals surface area contributed by atoms with E-state index < -0.39 is 17.7 Å². The summed E-state index contributed by atoms with van der Waals surface area (Å²) in [6.07, 6.45) is -1.89. The smallest absolute Gasteiger partial charge is 0.416 e. The first kappa shape index (κ1) is 26.9. The van der Waals surface area contributed by atoms with E-state index in [1.807, 2.05) is 42.6 Å². The topological polar surface area (TPSA) is 80.6 Å². The molecule has 2 N–H and O–H groups in total. The molecular weight excluding hydrogens is 497 g/mol. The van der Waals surface area contributed by atoms with Crippen LogP contribution in [0.2, 0.25) is 0 Å². The quantitative estimate of drug-likeness (QED) is 0.261. The number of carbonyl (C=O) groups is 2. The van der Waals surface area contributed by atoms with Crippen LogP contribution in [0.15, 0.2) is 79.0 Å². The highest BCUT2D eigenvalue weighted by molar-refractivity contribution is 5.94. The number of carboxylic acid groups (broad SMARTS) is 1. The van der Waals surface area contributed by atoms with Gasteiger partial charge in [0.15, 0.2) is 0 Å². The lowest BCUT2D eigenvalue weighted by atomic mass is 10.0. The first-order valence-corrected chi connectivity index (χ1v) is 12.0. The molecule has 0 fully saturated rings. The van der Waals surface area contributed by atoms with Gasteiger partial charge in [0.05, 0.1) is 18.0 Å². The maximum atomic E-state index is 12.9. The largest absolute Gasteiger partial charge is 0.481 e. The molecule has 0 aliphatic carbocycles. The molecule has 4 aromatic rings. The second kappa shape index (κ2) is 11.5. The summed E-state index contributed by atoms with van der Waals surface area (Å²) < 4.78 is 46.2. The zero-order valence-electron chi connectivity index (χ0n) is 20.7. The third-order valence-corrected chi connectivity index (χ3v) is 6.38. The summed E-state index contributed by atoms with van der Waals surface area (Å²) in [4.78, 5) is 23.0. The molecule has 1 heterocycles. The molecule has 198 valence electrons. The predicted molar refractivity (Wildman–Crippen MR) is 138 cm³/mol. The van der Waals surface area contributed by atoms with Crippen LogP contribution in [0.5, 0.6) is 0 Å². The van der Waals surface area contributed by atoms with Crippen molar-refractivity contribution in [3.63, 3.8) is 0 Å². The number of amides is 1. The highest BCUT2D eigenvalue weighted by Gasteiger charge is 2.30. The molecular formula is C29H27F3N2O4. The fraction of sp³-hybridized carbons (Fsp3) is 0.241. The average molecular weight is 525 g/mol. The highest BCUT2D eigenvalue weighted by atomic mass is 19.4. The Kier molecular flexibility index (Phi) is 8.16. The van der Waals surface area contributed by atoms with Gasteiger partial charge in [-0.1, -0.05) is 30.3 Å². The molecule has 1 atom stereocenters. The third kappa shape index (κ3) is 6.23. The Hall–Kier alpha value is -4.11. The Morgan fingerprint density at radius 2 is 1.66 bits per heavy atom. The summed E-state index contributed by atoms with van der Waals surface area (Å²) in [7, 11) is 1.63. The number of aromatic nitrogens is 1. The number of hydrogen-bond acceptors (Lipinski definition) is 3. The van der Waals surface area contributed by atoms with Gasteiger partial charge in [-0.3, -0.25) is 9.59 Å². The van der Waals surface area contributed by atoms with Crippen LogP contribution in [0.1, 0.15) is 40.4 Å². The number of benzene rings is 3. The lowest BCUT2D eigenvalue weighted by molar-refractivity contribution is -0.138. The summed E-state index contributed by atoms with van der Waals surface area (Å²) in [6.45, 7) is 0.557. The van der Waals surface area contributed by atoms with Gasteiger partial charge in [0.1, 0.15) is 0 Å². The van der Waals surface area contributed by atoms with Crippen LogP contribution in [-0.4, -0.2) is 41.8 Å². The lowest BCUT2D eigenvalue weighted by Crippen LogP contribution is -2.26. The molecule has 1 aromatic heterocycles. The van der Waals surface area contributed by atoms with Crippen LogP contribution in [0.25, 0.3) is 22.0 Å². The molecule has 1 unspecified atom stereocenters. The molecule has 0 radical (unpaired) electrons. The number of methoxy groups -OCH3 is 1. The zero-order valence-corrected chi connectivity index (χ0v) is 20.7. The fourth-order valence-corrected chi connectivity index (χ4v) is 4.40. The van der Waals surface area contributed by atoms with Gasteiger partial charge in [-0.05, 0) is 65.6 Å². The molecule has 0 saturated carbocycles. The van der Waals surface area contributed by atoms with Crippen LogP contribution >= 0.6 is 0 Å². The van der Waals surface area contributed by atoms with Crippen LogP contribution in [0, 0.1) is 0 Å². The number of ether oxygens (including phenoxy) is 1. The van der Waals surface area contributed by atoms with Crippen LogP contribution in [-0.2, 0) is 15.7 Å². The average Bonchev–Trinajstić information content (AvgIpc) is 3.32. The van der Waals surface area contributed by atoms with Crippen molar-refractivity contribution in [2.75, 3.05) is 20.3 Å². The van der Waals surface area contributed by atoms with Gasteiger partial charge in [-0.2, -0.15) is 13.2 Å². The highest BCUT2D eigenvalue weighted by Crippen LogP contribution is 2.33. The molecule has 0 aliphatic rings. The predicted octanol–water partition coefficient (Wildman–Crippen LogP) is 6.16. The molecule has 0 aliphatic heterocycles. The van der Waals surface area contributed by atoms with Gasteiger partial charge in [0, 0.05) is 42.9 Å². The summed E-state index contributed by atoms with van der Waals surface area (Å²) in [5, 5.41) is 12.3. The van der Waals surface area contributed by atoms with Crippen LogP contribution in [0.4, 0.5) is 13.2 Å². The monoisotopic (exact) mass is 524 g/mol. The molecule has 38 heavy (non-hydrogen) atoms. The van der Waals surface area contributed by atoms with Crippen molar-refractivity contribution in [3.05, 3.63) is 95.7 Å². The molecule has 6 nitrogen and oxygen atoms in total. The number of carboxylic acids is 1. The SMILES string of the molecule is COCCC(c1ccc(C(=O)NCCC(=O)O)cc1)n1ccc2cc(-c3ccc(C(F)(F)F)cc3)ccc21. The van der Waals surface area contributed by atoms with E-state index in [0.717, 1.165) is 34.2 Å². The van der Waals surface area contributed by atoms with Crippen molar-refractivity contribution in [3.8, 4) is 11.1 Å². The summed E-state index contributed by atoms with van der Waals surface area (Å²) in [6, 6.07) is 19.9. The number of rotatable bonds is 10. The number of aliphatic carboxylic acids is 1. The number of halogens is 3. The molecule has 4 rings (SSSR count). The number of nitrogens with zero attached hydrogens (tertiary/aromatic N) is 1. The number of nitrogens with one attached hydrogen (secondary N) is 1. The minimum absolute atomic E-state index is 0.0518. The van der Waals surface area contributed by atoms with E-state index in [0.29, 0.717) is 24.2 Å². The second-order valence-electron chi connectivity index (χ2n) is 8.89. The first-order valence-electron chi connectivity index (χ1n) is 12.0. The van der Waals surface area contributed by atoms with E-state index in [4.69, 9.17) is 9.84 Å². The first-order chi connectivity index (χ1) is 18.2. The molecule has 1 amide bonds. The molecule has 9 heteroatoms. The number of fused-ring (bicyclic) bond motifs is 1. The van der Waals surface area contributed by atoms with E-state index >= 15 is 0 Å². The van der Waals surface area contributed by atoms with Crippen LogP contribution in [0.3, 0.4) is 0 Å². The van der Waals surface area contributed by atoms with Gasteiger partial charge < -0.3 is 19.7 Å². The van der Waals surface area contributed by atoms with E-state index in [2.05, 4.69) is 9.88 Å². The van der Waals surface area contributed by atoms with Gasteiger partial charge in [0.2, 0.25) is 0 Å². The number of alkyl halides is 3. The lowest BCUT2D eigenvalue weighted by Gasteiger charge is -2.21. The van der Waals surface area contributed by atoms with E-state index in [-0.39, 0.29) is 24.9 Å². The minimum atomic E-state index is -4.38. The van der Waals surface area contributed by atoms with E-state index in [1.165, 1.54) is 12.1 Å². The van der Waals surface area contributed by atoms with Crippen molar-refractivity contribution >= 4 is 22.8 Å². The second-order valence-corrected chi connectivity index (χ2v) is 8.89. The van der Waals surface area contributed by atoms with Crippen molar-refractivity contribution in [1.82, 2.24) is 9.88 Å². The van der Waals surface area contributed by atoms with E-state index in [1.54, 1.807) is 19.2 Å². The maximum Gasteiger partial charge on any atom is 0.416 e. The van der Waals surface area contributed by atoms with Crippen molar-refractivity contribution < 1.29 is 32.6 Å². The van der Waals surface area contributed by atoms with Gasteiger partial charge in [-0.25, -0.2) is 0 Å². The molecule has 0 bridgehead atoms. The summed E-state index contributed by atoms with van der Waals surface area (Å²) in [5.41, 5.74) is 3.18. The minimum Gasteiger partial charge on any atom is -0.481 e. The summed E-state index contributed by atoms with van der Waals surface area (Å²) >= 11 is 0. The Morgan fingerprint density at radius 3 is 2.29 bits per heavy atom. The van der Waals surface area contributed by atoms with Gasteiger partial charge in [-0.15, -0.1) is 0 Å². The Labute approximate surface area is 217 Å². The number of hydrogen-bond donors (Lipinski definition) is 2. The zero-order chi connectivity index (χ0) is 27.3. The Balaban J connectivity index is 1.58. The Bertz CT molecular complexity index is 1410. The van der Waals surface area contributed by atoms with Gasteiger partial charge >= 0.3 is 12.1 Å². The van der Waals surface area contributed by atoms with Crippen molar-refractivity contribution in [2.24, 2.45) is 0 Å². The number of carbonyl (C=O) groups excluding carboxylic acids is 1. The fourth-order valence-electron chi connectivity index (χ4n) is 4.40. The summed E-state index contributed by atoms with van der Waals surface area (Å²) in [5.74, 6) is -1.32. The van der Waals surface area contributed by atoms with E-state index in [9.17, 15) is 22.8 Å². The van der Waals surface area contributed by atoms with Crippen LogP contribution < -0.4 is 5.32 Å².